The molecule has 7 heteroatoms. The summed E-state index contributed by atoms with van der Waals surface area (Å²) in [6.45, 7) is 5.03. The predicted octanol–water partition coefficient (Wildman–Crippen LogP) is 1.57. The second kappa shape index (κ2) is 7.33. The van der Waals surface area contributed by atoms with E-state index in [0.717, 1.165) is 5.69 Å². The van der Waals surface area contributed by atoms with E-state index in [1.54, 1.807) is 22.2 Å². The molecular weight excluding hydrogens is 286 g/mol. The normalized spacial score (nSPS) is 12.6. The Morgan fingerprint density at radius 2 is 2.29 bits per heavy atom. The smallest absolute Gasteiger partial charge is 0.242 e. The molecule has 0 radical (unpaired) electrons. The molecule has 0 aromatic carbocycles. The lowest BCUT2D eigenvalue weighted by atomic mass is 10.0. The lowest BCUT2D eigenvalue weighted by molar-refractivity contribution is -0.122. The molecule has 114 valence electrons. The number of amides is 1. The summed E-state index contributed by atoms with van der Waals surface area (Å²) in [5.41, 5.74) is 0.823. The Morgan fingerprint density at radius 3 is 2.90 bits per heavy atom. The molecule has 0 saturated heterocycles. The molecule has 1 atom stereocenters. The topological polar surface area (TPSA) is 71.8 Å². The highest BCUT2D eigenvalue weighted by molar-refractivity contribution is 7.10. The summed E-state index contributed by atoms with van der Waals surface area (Å²) in [7, 11) is 1.85. The van der Waals surface area contributed by atoms with E-state index in [-0.39, 0.29) is 18.5 Å². The lowest BCUT2D eigenvalue weighted by Gasteiger charge is -2.21. The monoisotopic (exact) mass is 307 g/mol. The Kier molecular flexibility index (Phi) is 5.46. The van der Waals surface area contributed by atoms with E-state index < -0.39 is 0 Å². The maximum atomic E-state index is 12.2. The van der Waals surface area contributed by atoms with Crippen molar-refractivity contribution in [1.29, 1.82) is 0 Å². The first-order chi connectivity index (χ1) is 10.1. The van der Waals surface area contributed by atoms with Crippen molar-refractivity contribution in [1.82, 2.24) is 25.6 Å². The number of hydrogen-bond donors (Lipinski definition) is 2. The Hall–Kier alpha value is -1.73. The SMILES string of the molecule is CNCc1cn(CC(=O)NC(c2cccs2)C(C)C)nn1. The van der Waals surface area contributed by atoms with Crippen LogP contribution in [0.25, 0.3) is 0 Å². The van der Waals surface area contributed by atoms with Gasteiger partial charge in [-0.3, -0.25) is 4.79 Å². The van der Waals surface area contributed by atoms with Crippen molar-refractivity contribution in [2.75, 3.05) is 7.05 Å². The number of carbonyl (C=O) groups excluding carboxylic acids is 1. The zero-order chi connectivity index (χ0) is 15.2. The summed E-state index contributed by atoms with van der Waals surface area (Å²) in [6, 6.07) is 4.09. The number of nitrogens with zero attached hydrogens (tertiary/aromatic N) is 3. The van der Waals surface area contributed by atoms with Crippen LogP contribution >= 0.6 is 11.3 Å². The molecule has 0 spiro atoms. The summed E-state index contributed by atoms with van der Waals surface area (Å²) in [5.74, 6) is 0.284. The number of nitrogens with one attached hydrogen (secondary N) is 2. The Labute approximate surface area is 128 Å². The number of carbonyl (C=O) groups is 1. The molecule has 2 aromatic rings. The van der Waals surface area contributed by atoms with Crippen LogP contribution in [0.5, 0.6) is 0 Å². The molecule has 0 aliphatic heterocycles. The van der Waals surface area contributed by atoms with E-state index in [0.29, 0.717) is 12.5 Å². The summed E-state index contributed by atoms with van der Waals surface area (Å²) < 4.78 is 1.56. The highest BCUT2D eigenvalue weighted by atomic mass is 32.1. The lowest BCUT2D eigenvalue weighted by Crippen LogP contribution is -2.33. The minimum Gasteiger partial charge on any atom is -0.347 e. The molecule has 0 saturated carbocycles. The molecule has 2 heterocycles. The maximum absolute atomic E-state index is 12.2. The minimum atomic E-state index is -0.0528. The van der Waals surface area contributed by atoms with Gasteiger partial charge >= 0.3 is 0 Å². The minimum absolute atomic E-state index is 0.0396. The van der Waals surface area contributed by atoms with Gasteiger partial charge in [-0.05, 0) is 24.4 Å². The van der Waals surface area contributed by atoms with E-state index >= 15 is 0 Å². The molecule has 6 nitrogen and oxygen atoms in total. The van der Waals surface area contributed by atoms with Gasteiger partial charge in [0.2, 0.25) is 5.91 Å². The second-order valence-electron chi connectivity index (χ2n) is 5.24. The highest BCUT2D eigenvalue weighted by Gasteiger charge is 2.19. The Balaban J connectivity index is 1.96. The van der Waals surface area contributed by atoms with Gasteiger partial charge in [-0.15, -0.1) is 16.4 Å². The summed E-state index contributed by atoms with van der Waals surface area (Å²) in [6.07, 6.45) is 1.78. The Bertz CT molecular complexity index is 564. The highest BCUT2D eigenvalue weighted by Crippen LogP contribution is 2.25. The van der Waals surface area contributed by atoms with Crippen LogP contribution in [0, 0.1) is 5.92 Å². The van der Waals surface area contributed by atoms with Gasteiger partial charge in [-0.2, -0.15) is 0 Å². The van der Waals surface area contributed by atoms with Crippen molar-refractivity contribution in [2.45, 2.75) is 33.0 Å². The zero-order valence-electron chi connectivity index (χ0n) is 12.5. The number of hydrogen-bond acceptors (Lipinski definition) is 5. The fraction of sp³-hybridized carbons (Fsp3) is 0.500. The number of aromatic nitrogens is 3. The maximum Gasteiger partial charge on any atom is 0.242 e. The second-order valence-corrected chi connectivity index (χ2v) is 6.22. The van der Waals surface area contributed by atoms with Crippen LogP contribution in [0.1, 0.15) is 30.5 Å². The van der Waals surface area contributed by atoms with Crippen molar-refractivity contribution < 1.29 is 4.79 Å². The first-order valence-corrected chi connectivity index (χ1v) is 7.84. The molecule has 1 unspecified atom stereocenters. The van der Waals surface area contributed by atoms with E-state index in [9.17, 15) is 4.79 Å². The molecule has 0 bridgehead atoms. The van der Waals surface area contributed by atoms with Crippen molar-refractivity contribution in [3.8, 4) is 0 Å². The Morgan fingerprint density at radius 1 is 1.48 bits per heavy atom. The summed E-state index contributed by atoms with van der Waals surface area (Å²) in [4.78, 5) is 13.4. The van der Waals surface area contributed by atoms with Gasteiger partial charge in [0.05, 0.1) is 17.9 Å². The average molecular weight is 307 g/mol. The number of thiophene rings is 1. The molecule has 2 aromatic heterocycles. The van der Waals surface area contributed by atoms with Gasteiger partial charge in [0, 0.05) is 11.4 Å². The largest absolute Gasteiger partial charge is 0.347 e. The third kappa shape index (κ3) is 4.37. The van der Waals surface area contributed by atoms with E-state index in [1.807, 2.05) is 18.5 Å². The van der Waals surface area contributed by atoms with Crippen LogP contribution in [0.15, 0.2) is 23.7 Å². The van der Waals surface area contributed by atoms with E-state index in [4.69, 9.17) is 0 Å². The third-order valence-electron chi connectivity index (χ3n) is 3.08. The van der Waals surface area contributed by atoms with E-state index in [1.165, 1.54) is 4.88 Å². The van der Waals surface area contributed by atoms with Gasteiger partial charge < -0.3 is 10.6 Å². The quantitative estimate of drug-likeness (QED) is 0.814. The molecule has 0 fully saturated rings. The van der Waals surface area contributed by atoms with Crippen molar-refractivity contribution in [3.05, 3.63) is 34.3 Å². The zero-order valence-corrected chi connectivity index (χ0v) is 13.4. The van der Waals surface area contributed by atoms with Crippen LogP contribution < -0.4 is 10.6 Å². The molecule has 2 rings (SSSR count). The van der Waals surface area contributed by atoms with Gasteiger partial charge in [0.25, 0.3) is 0 Å². The van der Waals surface area contributed by atoms with Gasteiger partial charge in [-0.25, -0.2) is 4.68 Å². The van der Waals surface area contributed by atoms with Crippen molar-refractivity contribution in [2.24, 2.45) is 5.92 Å². The van der Waals surface area contributed by atoms with Crippen LogP contribution in [0.4, 0.5) is 0 Å². The number of rotatable bonds is 7. The van der Waals surface area contributed by atoms with Crippen molar-refractivity contribution in [3.63, 3.8) is 0 Å². The van der Waals surface area contributed by atoms with E-state index in [2.05, 4.69) is 40.9 Å². The van der Waals surface area contributed by atoms with Crippen molar-refractivity contribution >= 4 is 17.2 Å². The third-order valence-corrected chi connectivity index (χ3v) is 4.04. The predicted molar refractivity (Wildman–Crippen MR) is 82.8 cm³/mol. The average Bonchev–Trinajstić information content (AvgIpc) is 3.08. The summed E-state index contributed by atoms with van der Waals surface area (Å²) >= 11 is 1.66. The van der Waals surface area contributed by atoms with Crippen LogP contribution in [0.3, 0.4) is 0 Å². The van der Waals surface area contributed by atoms with Gasteiger partial charge in [0.15, 0.2) is 0 Å². The molecule has 21 heavy (non-hydrogen) atoms. The van der Waals surface area contributed by atoms with Gasteiger partial charge in [0.1, 0.15) is 6.54 Å². The summed E-state index contributed by atoms with van der Waals surface area (Å²) in [5, 5.41) is 16.1. The molecule has 0 aliphatic carbocycles. The van der Waals surface area contributed by atoms with Gasteiger partial charge in [-0.1, -0.05) is 25.1 Å². The van der Waals surface area contributed by atoms with Crippen LogP contribution in [-0.4, -0.2) is 27.9 Å². The fourth-order valence-corrected chi connectivity index (χ4v) is 3.03. The van der Waals surface area contributed by atoms with Crippen LogP contribution in [0.2, 0.25) is 0 Å². The molecule has 1 amide bonds. The molecule has 2 N–H and O–H groups in total. The first-order valence-electron chi connectivity index (χ1n) is 6.96. The fourth-order valence-electron chi connectivity index (χ4n) is 2.08. The first kappa shape index (κ1) is 15.7. The standard InChI is InChI=1S/C14H21N5OS/c1-10(2)14(12-5-4-6-21-12)16-13(20)9-19-8-11(7-15-3)17-18-19/h4-6,8,10,14-15H,7,9H2,1-3H3,(H,16,20). The van der Waals surface area contributed by atoms with Crippen LogP contribution in [-0.2, 0) is 17.9 Å². The molecule has 0 aliphatic rings. The molecular formula is C14H21N5OS.